The van der Waals surface area contributed by atoms with E-state index in [1.807, 2.05) is 11.0 Å². The number of rotatable bonds is 4. The van der Waals surface area contributed by atoms with Crippen LogP contribution in [0.25, 0.3) is 0 Å². The first-order chi connectivity index (χ1) is 14.1. The summed E-state index contributed by atoms with van der Waals surface area (Å²) in [6.07, 6.45) is 2.19. The molecule has 1 aromatic carbocycles. The van der Waals surface area contributed by atoms with Gasteiger partial charge in [-0.1, -0.05) is 12.1 Å². The van der Waals surface area contributed by atoms with Gasteiger partial charge < -0.3 is 19.6 Å². The van der Waals surface area contributed by atoms with Crippen LogP contribution in [-0.2, 0) is 16.0 Å². The van der Waals surface area contributed by atoms with Crippen molar-refractivity contribution in [3.8, 4) is 5.75 Å². The zero-order chi connectivity index (χ0) is 20.2. The third kappa shape index (κ3) is 4.59. The lowest BCUT2D eigenvalue weighted by Crippen LogP contribution is -2.40. The summed E-state index contributed by atoms with van der Waals surface area (Å²) in [6, 6.07) is 8.56. The van der Waals surface area contributed by atoms with Crippen LogP contribution in [0.3, 0.4) is 0 Å². The number of carbonyl (C=O) groups excluding carboxylic acids is 2. The van der Waals surface area contributed by atoms with E-state index >= 15 is 0 Å². The van der Waals surface area contributed by atoms with Crippen LogP contribution in [0.1, 0.15) is 40.5 Å². The molecule has 2 aliphatic rings. The van der Waals surface area contributed by atoms with Gasteiger partial charge >= 0.3 is 0 Å². The number of aromatic amines is 1. The molecule has 0 saturated carbocycles. The van der Waals surface area contributed by atoms with Crippen LogP contribution in [0.15, 0.2) is 30.3 Å². The normalized spacial score (nSPS) is 19.9. The Kier molecular flexibility index (Phi) is 5.80. The Morgan fingerprint density at radius 2 is 1.90 bits per heavy atom. The van der Waals surface area contributed by atoms with Gasteiger partial charge in [-0.25, -0.2) is 0 Å². The molecular weight excluding hydrogens is 372 g/mol. The molecule has 1 unspecified atom stereocenters. The smallest absolute Gasteiger partial charge is 0.274 e. The minimum Gasteiger partial charge on any atom is -0.508 e. The third-order valence-electron chi connectivity index (χ3n) is 5.62. The molecule has 0 aliphatic carbocycles. The molecule has 2 aliphatic heterocycles. The van der Waals surface area contributed by atoms with E-state index in [0.29, 0.717) is 45.0 Å². The number of piperidine rings is 1. The molecule has 8 heteroatoms. The maximum Gasteiger partial charge on any atom is 0.274 e. The number of nitrogens with zero attached hydrogens (tertiary/aromatic N) is 3. The molecule has 1 aromatic heterocycles. The second-order valence-electron chi connectivity index (χ2n) is 7.64. The van der Waals surface area contributed by atoms with E-state index in [4.69, 9.17) is 4.74 Å². The maximum absolute atomic E-state index is 12.7. The van der Waals surface area contributed by atoms with Gasteiger partial charge in [-0.3, -0.25) is 14.7 Å². The zero-order valence-electron chi connectivity index (χ0n) is 16.3. The number of nitrogens with one attached hydrogen (secondary N) is 1. The Hall–Kier alpha value is -2.87. The van der Waals surface area contributed by atoms with Crippen LogP contribution in [-0.4, -0.2) is 76.3 Å². The summed E-state index contributed by atoms with van der Waals surface area (Å²) in [6.45, 7) is 3.65. The molecule has 0 spiro atoms. The largest absolute Gasteiger partial charge is 0.508 e. The summed E-state index contributed by atoms with van der Waals surface area (Å²) in [5.41, 5.74) is 2.22. The Balaban J connectivity index is 1.38. The van der Waals surface area contributed by atoms with E-state index in [1.165, 1.54) is 0 Å². The van der Waals surface area contributed by atoms with Crippen LogP contribution >= 0.6 is 0 Å². The zero-order valence-corrected chi connectivity index (χ0v) is 16.3. The lowest BCUT2D eigenvalue weighted by molar-refractivity contribution is -0.131. The molecule has 154 valence electrons. The first-order valence-corrected chi connectivity index (χ1v) is 10.1. The number of carbonyl (C=O) groups is 2. The van der Waals surface area contributed by atoms with E-state index in [0.717, 1.165) is 30.6 Å². The minimum absolute atomic E-state index is 0.0736. The number of hydrogen-bond acceptors (Lipinski definition) is 5. The van der Waals surface area contributed by atoms with Gasteiger partial charge in [-0.05, 0) is 36.6 Å². The number of morpholine rings is 1. The Labute approximate surface area is 169 Å². The molecule has 2 aromatic rings. The average molecular weight is 398 g/mol. The lowest BCUT2D eigenvalue weighted by Gasteiger charge is -2.32. The highest BCUT2D eigenvalue weighted by Crippen LogP contribution is 2.27. The quantitative estimate of drug-likeness (QED) is 0.814. The summed E-state index contributed by atoms with van der Waals surface area (Å²) < 4.78 is 5.30. The molecule has 2 fully saturated rings. The second-order valence-corrected chi connectivity index (χ2v) is 7.64. The molecule has 0 radical (unpaired) electrons. The van der Waals surface area contributed by atoms with Crippen molar-refractivity contribution in [2.45, 2.75) is 25.2 Å². The van der Waals surface area contributed by atoms with Crippen molar-refractivity contribution >= 4 is 11.8 Å². The number of hydrogen-bond donors (Lipinski definition) is 2. The monoisotopic (exact) mass is 398 g/mol. The first kappa shape index (κ1) is 19.4. The number of likely N-dealkylation sites (tertiary alicyclic amines) is 1. The average Bonchev–Trinajstić information content (AvgIpc) is 3.26. The molecule has 2 amide bonds. The number of phenols is 1. The van der Waals surface area contributed by atoms with Gasteiger partial charge in [0.1, 0.15) is 11.4 Å². The van der Waals surface area contributed by atoms with Gasteiger partial charge in [0.25, 0.3) is 5.91 Å². The van der Waals surface area contributed by atoms with Gasteiger partial charge in [0.2, 0.25) is 5.91 Å². The Morgan fingerprint density at radius 3 is 2.66 bits per heavy atom. The molecular formula is C21H26N4O4. The second kappa shape index (κ2) is 8.65. The molecule has 4 rings (SSSR count). The van der Waals surface area contributed by atoms with E-state index in [2.05, 4.69) is 10.2 Å². The van der Waals surface area contributed by atoms with Gasteiger partial charge in [0.15, 0.2) is 0 Å². The van der Waals surface area contributed by atoms with E-state index < -0.39 is 0 Å². The SMILES string of the molecule is O=C(Cc1ccc(O)cc1)N1CCCC(c2cc(C(=O)N3CCOCC3)n[nH]2)C1. The van der Waals surface area contributed by atoms with Crippen LogP contribution < -0.4 is 0 Å². The lowest BCUT2D eigenvalue weighted by atomic mass is 9.94. The maximum atomic E-state index is 12.7. The summed E-state index contributed by atoms with van der Waals surface area (Å²) in [5, 5.41) is 16.6. The van der Waals surface area contributed by atoms with E-state index in [1.54, 1.807) is 29.2 Å². The molecule has 8 nitrogen and oxygen atoms in total. The summed E-state index contributed by atoms with van der Waals surface area (Å²) in [7, 11) is 0. The van der Waals surface area contributed by atoms with Crippen molar-refractivity contribution in [3.63, 3.8) is 0 Å². The van der Waals surface area contributed by atoms with Crippen molar-refractivity contribution in [3.05, 3.63) is 47.3 Å². The molecule has 0 bridgehead atoms. The predicted molar refractivity (Wildman–Crippen MR) is 106 cm³/mol. The molecule has 29 heavy (non-hydrogen) atoms. The van der Waals surface area contributed by atoms with Crippen molar-refractivity contribution in [1.82, 2.24) is 20.0 Å². The van der Waals surface area contributed by atoms with Crippen molar-refractivity contribution in [2.75, 3.05) is 39.4 Å². The van der Waals surface area contributed by atoms with Gasteiger partial charge in [0.05, 0.1) is 19.6 Å². The fraction of sp³-hybridized carbons (Fsp3) is 0.476. The van der Waals surface area contributed by atoms with Crippen molar-refractivity contribution < 1.29 is 19.4 Å². The van der Waals surface area contributed by atoms with Crippen LogP contribution in [0.5, 0.6) is 5.75 Å². The van der Waals surface area contributed by atoms with Gasteiger partial charge in [0, 0.05) is 37.8 Å². The first-order valence-electron chi connectivity index (χ1n) is 10.1. The molecule has 2 N–H and O–H groups in total. The number of aromatic hydroxyl groups is 1. The number of amides is 2. The highest BCUT2D eigenvalue weighted by Gasteiger charge is 2.28. The predicted octanol–water partition coefficient (Wildman–Crippen LogP) is 1.54. The number of aromatic nitrogens is 2. The van der Waals surface area contributed by atoms with E-state index in [9.17, 15) is 14.7 Å². The Bertz CT molecular complexity index is 858. The fourth-order valence-corrected chi connectivity index (χ4v) is 3.94. The highest BCUT2D eigenvalue weighted by atomic mass is 16.5. The number of ether oxygens (including phenoxy) is 1. The summed E-state index contributed by atoms with van der Waals surface area (Å²) in [5.74, 6) is 0.337. The number of H-pyrrole nitrogens is 1. The molecule has 1 atom stereocenters. The summed E-state index contributed by atoms with van der Waals surface area (Å²) in [4.78, 5) is 29.0. The molecule has 3 heterocycles. The number of phenolic OH excluding ortho intramolecular Hbond substituents is 1. The topological polar surface area (TPSA) is 98.8 Å². The minimum atomic E-state index is -0.0770. The number of benzene rings is 1. The van der Waals surface area contributed by atoms with Crippen molar-refractivity contribution in [1.29, 1.82) is 0 Å². The van der Waals surface area contributed by atoms with Gasteiger partial charge in [-0.2, -0.15) is 5.10 Å². The highest BCUT2D eigenvalue weighted by molar-refractivity contribution is 5.92. The third-order valence-corrected chi connectivity index (χ3v) is 5.62. The van der Waals surface area contributed by atoms with Crippen molar-refractivity contribution in [2.24, 2.45) is 0 Å². The Morgan fingerprint density at radius 1 is 1.14 bits per heavy atom. The van der Waals surface area contributed by atoms with Gasteiger partial charge in [-0.15, -0.1) is 0 Å². The van der Waals surface area contributed by atoms with Crippen LogP contribution in [0, 0.1) is 0 Å². The van der Waals surface area contributed by atoms with E-state index in [-0.39, 0.29) is 23.5 Å². The summed E-state index contributed by atoms with van der Waals surface area (Å²) >= 11 is 0. The molecule has 2 saturated heterocycles. The van der Waals surface area contributed by atoms with Crippen LogP contribution in [0.2, 0.25) is 0 Å². The standard InChI is InChI=1S/C21H26N4O4/c26-17-5-3-15(4-6-17)12-20(27)25-7-1-2-16(14-25)18-13-19(23-22-18)21(28)24-8-10-29-11-9-24/h3-6,13,16,26H,1-2,7-12,14H2,(H,22,23). The van der Waals surface area contributed by atoms with Crippen LogP contribution in [0.4, 0.5) is 0 Å². The fourth-order valence-electron chi connectivity index (χ4n) is 3.94.